The third-order valence-electron chi connectivity index (χ3n) is 1.96. The smallest absolute Gasteiger partial charge is 0.306 e. The van der Waals surface area contributed by atoms with E-state index in [-0.39, 0.29) is 11.9 Å². The lowest BCUT2D eigenvalue weighted by Crippen LogP contribution is -1.99. The van der Waals surface area contributed by atoms with Gasteiger partial charge in [-0.05, 0) is 12.1 Å². The van der Waals surface area contributed by atoms with Gasteiger partial charge in [0.25, 0.3) is 0 Å². The highest BCUT2D eigenvalue weighted by Gasteiger charge is 2.25. The molecule has 1 aromatic heterocycles. The molecule has 1 fully saturated rings. The number of nitrogens with zero attached hydrogens (tertiary/aromatic N) is 1. The van der Waals surface area contributed by atoms with Crippen molar-refractivity contribution in [2.24, 2.45) is 0 Å². The molecule has 1 saturated heterocycles. The minimum atomic E-state index is -0.120. The monoisotopic (exact) mass is 163 g/mol. The van der Waals surface area contributed by atoms with Crippen LogP contribution in [0.1, 0.15) is 18.0 Å². The molecular weight excluding hydrogens is 154 g/mol. The van der Waals surface area contributed by atoms with Gasteiger partial charge in [0.2, 0.25) is 0 Å². The molecule has 1 unspecified atom stereocenters. The summed E-state index contributed by atoms with van der Waals surface area (Å²) in [5.74, 6) is 0.0457. The van der Waals surface area contributed by atoms with E-state index in [1.165, 1.54) is 0 Å². The van der Waals surface area contributed by atoms with Gasteiger partial charge in [-0.2, -0.15) is 0 Å². The number of ether oxygens (including phenoxy) is 1. The molecule has 62 valence electrons. The quantitative estimate of drug-likeness (QED) is 0.582. The van der Waals surface area contributed by atoms with Crippen LogP contribution in [-0.2, 0) is 9.53 Å². The first-order valence-corrected chi connectivity index (χ1v) is 3.93. The van der Waals surface area contributed by atoms with Crippen molar-refractivity contribution in [2.45, 2.75) is 12.3 Å². The second-order valence-corrected chi connectivity index (χ2v) is 2.84. The Bertz CT molecular complexity index is 284. The van der Waals surface area contributed by atoms with E-state index >= 15 is 0 Å². The van der Waals surface area contributed by atoms with Crippen LogP contribution in [0.15, 0.2) is 24.4 Å². The summed E-state index contributed by atoms with van der Waals surface area (Å²) in [6.45, 7) is 0.482. The van der Waals surface area contributed by atoms with Crippen LogP contribution >= 0.6 is 0 Å². The first-order valence-electron chi connectivity index (χ1n) is 3.93. The molecule has 3 heteroatoms. The number of carbonyl (C=O) groups is 1. The minimum Gasteiger partial charge on any atom is -0.465 e. The fraction of sp³-hybridized carbons (Fsp3) is 0.333. The third kappa shape index (κ3) is 1.30. The van der Waals surface area contributed by atoms with Crippen LogP contribution in [0.25, 0.3) is 0 Å². The number of cyclic esters (lactones) is 1. The lowest BCUT2D eigenvalue weighted by atomic mass is 10.0. The summed E-state index contributed by atoms with van der Waals surface area (Å²) in [5.41, 5.74) is 0.948. The highest BCUT2D eigenvalue weighted by Crippen LogP contribution is 2.23. The predicted molar refractivity (Wildman–Crippen MR) is 42.6 cm³/mol. The zero-order valence-electron chi connectivity index (χ0n) is 6.56. The molecule has 1 aliphatic heterocycles. The normalized spacial score (nSPS) is 22.3. The molecule has 1 atom stereocenters. The van der Waals surface area contributed by atoms with Crippen LogP contribution < -0.4 is 0 Å². The van der Waals surface area contributed by atoms with Crippen molar-refractivity contribution in [1.82, 2.24) is 4.98 Å². The van der Waals surface area contributed by atoms with Gasteiger partial charge in [0.15, 0.2) is 0 Å². The number of hydrogen-bond donors (Lipinski definition) is 0. The fourth-order valence-corrected chi connectivity index (χ4v) is 1.32. The number of rotatable bonds is 1. The van der Waals surface area contributed by atoms with E-state index in [4.69, 9.17) is 4.74 Å². The van der Waals surface area contributed by atoms with Gasteiger partial charge in [-0.25, -0.2) is 0 Å². The Morgan fingerprint density at radius 3 is 3.00 bits per heavy atom. The predicted octanol–water partition coefficient (Wildman–Crippen LogP) is 1.11. The summed E-state index contributed by atoms with van der Waals surface area (Å²) in [6.07, 6.45) is 2.20. The van der Waals surface area contributed by atoms with Crippen molar-refractivity contribution in [2.75, 3.05) is 6.61 Å². The summed E-state index contributed by atoms with van der Waals surface area (Å²) in [4.78, 5) is 14.9. The van der Waals surface area contributed by atoms with Crippen molar-refractivity contribution in [1.29, 1.82) is 0 Å². The summed E-state index contributed by atoms with van der Waals surface area (Å²) in [7, 11) is 0. The summed E-state index contributed by atoms with van der Waals surface area (Å²) >= 11 is 0. The topological polar surface area (TPSA) is 39.2 Å². The van der Waals surface area contributed by atoms with Crippen molar-refractivity contribution in [3.05, 3.63) is 30.1 Å². The van der Waals surface area contributed by atoms with Crippen LogP contribution in [0.4, 0.5) is 0 Å². The van der Waals surface area contributed by atoms with Crippen molar-refractivity contribution >= 4 is 5.97 Å². The van der Waals surface area contributed by atoms with Crippen molar-refractivity contribution in [3.63, 3.8) is 0 Å². The van der Waals surface area contributed by atoms with Crippen LogP contribution in [0, 0.1) is 0 Å². The molecule has 1 aromatic rings. The number of hydrogen-bond acceptors (Lipinski definition) is 3. The van der Waals surface area contributed by atoms with E-state index in [2.05, 4.69) is 4.98 Å². The summed E-state index contributed by atoms with van der Waals surface area (Å²) < 4.78 is 4.84. The molecule has 3 nitrogen and oxygen atoms in total. The van der Waals surface area contributed by atoms with E-state index in [0.29, 0.717) is 13.0 Å². The van der Waals surface area contributed by atoms with Gasteiger partial charge in [-0.1, -0.05) is 6.07 Å². The lowest BCUT2D eigenvalue weighted by Gasteiger charge is -2.02. The first kappa shape index (κ1) is 7.28. The maximum absolute atomic E-state index is 10.8. The van der Waals surface area contributed by atoms with Gasteiger partial charge in [0.05, 0.1) is 6.42 Å². The molecule has 0 N–H and O–H groups in total. The Morgan fingerprint density at radius 2 is 2.42 bits per heavy atom. The average molecular weight is 163 g/mol. The van der Waals surface area contributed by atoms with Crippen LogP contribution in [0.2, 0.25) is 0 Å². The maximum atomic E-state index is 10.8. The fourth-order valence-electron chi connectivity index (χ4n) is 1.32. The van der Waals surface area contributed by atoms with Crippen LogP contribution in [0.3, 0.4) is 0 Å². The molecule has 0 spiro atoms. The number of esters is 1. The SMILES string of the molecule is O=C1CC(c2ccccn2)CO1. The Morgan fingerprint density at radius 1 is 1.50 bits per heavy atom. The van der Waals surface area contributed by atoms with Crippen molar-refractivity contribution < 1.29 is 9.53 Å². The van der Waals surface area contributed by atoms with E-state index in [9.17, 15) is 4.79 Å². The molecule has 0 aromatic carbocycles. The first-order chi connectivity index (χ1) is 5.86. The highest BCUT2D eigenvalue weighted by atomic mass is 16.5. The lowest BCUT2D eigenvalue weighted by molar-refractivity contribution is -0.137. The van der Waals surface area contributed by atoms with E-state index in [1.54, 1.807) is 6.20 Å². The van der Waals surface area contributed by atoms with E-state index < -0.39 is 0 Å². The molecule has 2 rings (SSSR count). The number of carbonyl (C=O) groups excluding carboxylic acids is 1. The molecule has 0 amide bonds. The zero-order valence-corrected chi connectivity index (χ0v) is 6.56. The number of aromatic nitrogens is 1. The van der Waals surface area contributed by atoms with Crippen LogP contribution in [0.5, 0.6) is 0 Å². The summed E-state index contributed by atoms with van der Waals surface area (Å²) in [5, 5.41) is 0. The Kier molecular flexibility index (Phi) is 1.78. The third-order valence-corrected chi connectivity index (χ3v) is 1.96. The molecule has 2 heterocycles. The molecule has 12 heavy (non-hydrogen) atoms. The number of pyridine rings is 1. The van der Waals surface area contributed by atoms with Gasteiger partial charge in [-0.3, -0.25) is 9.78 Å². The summed E-state index contributed by atoms with van der Waals surface area (Å²) in [6, 6.07) is 5.71. The van der Waals surface area contributed by atoms with E-state index in [0.717, 1.165) is 5.69 Å². The zero-order chi connectivity index (χ0) is 8.39. The average Bonchev–Trinajstić information content (AvgIpc) is 2.54. The standard InChI is InChI=1S/C9H9NO2/c11-9-5-7(6-12-9)8-3-1-2-4-10-8/h1-4,7H,5-6H2. The van der Waals surface area contributed by atoms with Crippen LogP contribution in [-0.4, -0.2) is 17.6 Å². The molecular formula is C9H9NO2. The Labute approximate surface area is 70.4 Å². The van der Waals surface area contributed by atoms with Gasteiger partial charge in [0, 0.05) is 17.8 Å². The van der Waals surface area contributed by atoms with Gasteiger partial charge in [-0.15, -0.1) is 0 Å². The Balaban J connectivity index is 2.16. The highest BCUT2D eigenvalue weighted by molar-refractivity contribution is 5.72. The second kappa shape index (κ2) is 2.93. The van der Waals surface area contributed by atoms with Gasteiger partial charge in [0.1, 0.15) is 6.61 Å². The molecule has 0 aliphatic carbocycles. The van der Waals surface area contributed by atoms with Crippen molar-refractivity contribution in [3.8, 4) is 0 Å². The molecule has 0 radical (unpaired) electrons. The molecule has 1 aliphatic rings. The van der Waals surface area contributed by atoms with E-state index in [1.807, 2.05) is 18.2 Å². The second-order valence-electron chi connectivity index (χ2n) is 2.84. The largest absolute Gasteiger partial charge is 0.465 e. The Hall–Kier alpha value is -1.38. The minimum absolute atomic E-state index is 0.120. The molecule has 0 saturated carbocycles. The van der Waals surface area contributed by atoms with Gasteiger partial charge >= 0.3 is 5.97 Å². The maximum Gasteiger partial charge on any atom is 0.306 e. The molecule has 0 bridgehead atoms. The van der Waals surface area contributed by atoms with Gasteiger partial charge < -0.3 is 4.74 Å².